The highest BCUT2D eigenvalue weighted by molar-refractivity contribution is 5.79. The van der Waals surface area contributed by atoms with Gasteiger partial charge in [-0.25, -0.2) is 0 Å². The molecule has 0 aromatic rings. The molecule has 0 saturated heterocycles. The predicted octanol–water partition coefficient (Wildman–Crippen LogP) is 0.782. The Morgan fingerprint density at radius 2 is 1.78 bits per heavy atom. The van der Waals surface area contributed by atoms with Crippen molar-refractivity contribution >= 4 is 11.8 Å². The van der Waals surface area contributed by atoms with Crippen molar-refractivity contribution < 1.29 is 9.59 Å². The summed E-state index contributed by atoms with van der Waals surface area (Å²) in [5.41, 5.74) is 5.25. The number of rotatable bonds is 7. The van der Waals surface area contributed by atoms with Crippen LogP contribution in [0.3, 0.4) is 0 Å². The number of carbonyl (C=O) groups is 2. The maximum absolute atomic E-state index is 11.5. The molecule has 0 aromatic carbocycles. The van der Waals surface area contributed by atoms with Gasteiger partial charge in [-0.15, -0.1) is 0 Å². The molecule has 106 valence electrons. The van der Waals surface area contributed by atoms with E-state index in [9.17, 15) is 9.59 Å². The lowest BCUT2D eigenvalue weighted by Gasteiger charge is -2.20. The molecule has 0 saturated carbocycles. The monoisotopic (exact) mass is 257 g/mol. The molecule has 0 aliphatic rings. The van der Waals surface area contributed by atoms with Gasteiger partial charge in [-0.1, -0.05) is 6.92 Å². The fourth-order valence-corrected chi connectivity index (χ4v) is 1.38. The van der Waals surface area contributed by atoms with E-state index in [0.717, 1.165) is 6.42 Å². The summed E-state index contributed by atoms with van der Waals surface area (Å²) in [6.07, 6.45) is 1.57. The van der Waals surface area contributed by atoms with Crippen molar-refractivity contribution in [2.75, 3.05) is 13.1 Å². The number of hydrogen-bond donors (Lipinski definition) is 3. The molecule has 0 aromatic heterocycles. The van der Waals surface area contributed by atoms with Crippen molar-refractivity contribution in [3.8, 4) is 0 Å². The van der Waals surface area contributed by atoms with Gasteiger partial charge in [-0.05, 0) is 39.7 Å². The van der Waals surface area contributed by atoms with Crippen LogP contribution in [0.5, 0.6) is 0 Å². The maximum atomic E-state index is 11.5. The molecule has 0 aliphatic carbocycles. The molecule has 0 aliphatic heterocycles. The van der Waals surface area contributed by atoms with Crippen LogP contribution in [0, 0.1) is 5.92 Å². The molecule has 0 radical (unpaired) electrons. The number of carbonyl (C=O) groups excluding carboxylic acids is 2. The quantitative estimate of drug-likeness (QED) is 0.630. The molecule has 0 fully saturated rings. The van der Waals surface area contributed by atoms with E-state index in [1.54, 1.807) is 0 Å². The molecule has 4 N–H and O–H groups in total. The topological polar surface area (TPSA) is 84.2 Å². The molecule has 18 heavy (non-hydrogen) atoms. The average molecular weight is 257 g/mol. The molecule has 1 atom stereocenters. The summed E-state index contributed by atoms with van der Waals surface area (Å²) < 4.78 is 0. The second-order valence-corrected chi connectivity index (χ2v) is 5.78. The van der Waals surface area contributed by atoms with Gasteiger partial charge in [0.2, 0.25) is 11.8 Å². The summed E-state index contributed by atoms with van der Waals surface area (Å²) in [4.78, 5) is 22.9. The molecular formula is C13H27N3O2. The maximum Gasteiger partial charge on any atom is 0.222 e. The third-order valence-electron chi connectivity index (χ3n) is 2.46. The lowest BCUT2D eigenvalue weighted by Crippen LogP contribution is -2.42. The second kappa shape index (κ2) is 8.08. The van der Waals surface area contributed by atoms with Gasteiger partial charge in [-0.2, -0.15) is 0 Å². The van der Waals surface area contributed by atoms with E-state index in [4.69, 9.17) is 5.73 Å². The fourth-order valence-electron chi connectivity index (χ4n) is 1.38. The van der Waals surface area contributed by atoms with Crippen LogP contribution in [-0.2, 0) is 9.59 Å². The summed E-state index contributed by atoms with van der Waals surface area (Å²) in [6, 6.07) is 0. The van der Waals surface area contributed by atoms with E-state index in [1.165, 1.54) is 0 Å². The highest BCUT2D eigenvalue weighted by Crippen LogP contribution is 2.02. The molecule has 0 spiro atoms. The predicted molar refractivity (Wildman–Crippen MR) is 73.0 cm³/mol. The minimum absolute atomic E-state index is 0.0149. The Morgan fingerprint density at radius 1 is 1.17 bits per heavy atom. The van der Waals surface area contributed by atoms with Gasteiger partial charge in [0.15, 0.2) is 0 Å². The van der Waals surface area contributed by atoms with Crippen LogP contribution in [0.15, 0.2) is 0 Å². The number of nitrogens with two attached hydrogens (primary N) is 1. The SMILES string of the molecule is CC(CN)CCC(=O)NCCC(=O)NC(C)(C)C. The zero-order valence-electron chi connectivity index (χ0n) is 12.0. The molecule has 2 amide bonds. The molecule has 5 nitrogen and oxygen atoms in total. The van der Waals surface area contributed by atoms with Crippen molar-refractivity contribution in [1.29, 1.82) is 0 Å². The highest BCUT2D eigenvalue weighted by Gasteiger charge is 2.13. The van der Waals surface area contributed by atoms with Crippen LogP contribution >= 0.6 is 0 Å². The van der Waals surface area contributed by atoms with Gasteiger partial charge in [0.1, 0.15) is 0 Å². The van der Waals surface area contributed by atoms with Gasteiger partial charge in [-0.3, -0.25) is 9.59 Å². The third kappa shape index (κ3) is 10.1. The van der Waals surface area contributed by atoms with Crippen LogP contribution in [-0.4, -0.2) is 30.4 Å². The Bertz CT molecular complexity index is 272. The number of amides is 2. The van der Waals surface area contributed by atoms with Crippen LogP contribution < -0.4 is 16.4 Å². The first-order valence-corrected chi connectivity index (χ1v) is 6.52. The number of nitrogens with one attached hydrogen (secondary N) is 2. The molecule has 0 rings (SSSR count). The van der Waals surface area contributed by atoms with E-state index < -0.39 is 0 Å². The Balaban J connectivity index is 3.65. The Hall–Kier alpha value is -1.10. The smallest absolute Gasteiger partial charge is 0.222 e. The van der Waals surface area contributed by atoms with Crippen molar-refractivity contribution in [1.82, 2.24) is 10.6 Å². The van der Waals surface area contributed by atoms with Gasteiger partial charge < -0.3 is 16.4 Å². The van der Waals surface area contributed by atoms with Crippen LogP contribution in [0.4, 0.5) is 0 Å². The first-order valence-electron chi connectivity index (χ1n) is 6.52. The molecule has 0 bridgehead atoms. The van der Waals surface area contributed by atoms with Crippen LogP contribution in [0.2, 0.25) is 0 Å². The van der Waals surface area contributed by atoms with Gasteiger partial charge >= 0.3 is 0 Å². The molecular weight excluding hydrogens is 230 g/mol. The molecule has 0 heterocycles. The van der Waals surface area contributed by atoms with Crippen molar-refractivity contribution in [3.63, 3.8) is 0 Å². The second-order valence-electron chi connectivity index (χ2n) is 5.78. The largest absolute Gasteiger partial charge is 0.356 e. The van der Waals surface area contributed by atoms with Gasteiger partial charge in [0.05, 0.1) is 0 Å². The fraction of sp³-hybridized carbons (Fsp3) is 0.846. The van der Waals surface area contributed by atoms with Gasteiger partial charge in [0, 0.05) is 24.9 Å². The summed E-state index contributed by atoms with van der Waals surface area (Å²) >= 11 is 0. The zero-order chi connectivity index (χ0) is 14.2. The van der Waals surface area contributed by atoms with E-state index in [1.807, 2.05) is 27.7 Å². The summed E-state index contributed by atoms with van der Waals surface area (Å²) in [7, 11) is 0. The minimum Gasteiger partial charge on any atom is -0.356 e. The Labute approximate surface area is 110 Å². The van der Waals surface area contributed by atoms with E-state index in [0.29, 0.717) is 31.8 Å². The number of hydrogen-bond acceptors (Lipinski definition) is 3. The summed E-state index contributed by atoms with van der Waals surface area (Å²) in [6.45, 7) is 8.79. The zero-order valence-corrected chi connectivity index (χ0v) is 12.0. The standard InChI is InChI=1S/C13H27N3O2/c1-10(9-14)5-6-11(17)15-8-7-12(18)16-13(2,3)4/h10H,5-9,14H2,1-4H3,(H,15,17)(H,16,18). The minimum atomic E-state index is -0.225. The molecule has 1 unspecified atom stereocenters. The molecule has 5 heteroatoms. The van der Waals surface area contributed by atoms with Crippen molar-refractivity contribution in [3.05, 3.63) is 0 Å². The first-order chi connectivity index (χ1) is 8.24. The average Bonchev–Trinajstić information content (AvgIpc) is 2.23. The van der Waals surface area contributed by atoms with E-state index in [2.05, 4.69) is 10.6 Å². The highest BCUT2D eigenvalue weighted by atomic mass is 16.2. The third-order valence-corrected chi connectivity index (χ3v) is 2.46. The van der Waals surface area contributed by atoms with Crippen LogP contribution in [0.25, 0.3) is 0 Å². The summed E-state index contributed by atoms with van der Waals surface area (Å²) in [5, 5.41) is 5.58. The summed E-state index contributed by atoms with van der Waals surface area (Å²) in [5.74, 6) is 0.303. The van der Waals surface area contributed by atoms with E-state index in [-0.39, 0.29) is 17.4 Å². The lowest BCUT2D eigenvalue weighted by molar-refractivity contribution is -0.123. The van der Waals surface area contributed by atoms with Crippen molar-refractivity contribution in [2.45, 2.75) is 52.5 Å². The Morgan fingerprint density at radius 3 is 2.28 bits per heavy atom. The first kappa shape index (κ1) is 16.9. The normalized spacial score (nSPS) is 12.9. The Kier molecular flexibility index (Phi) is 7.59. The lowest BCUT2D eigenvalue weighted by atomic mass is 10.1. The van der Waals surface area contributed by atoms with Crippen molar-refractivity contribution in [2.24, 2.45) is 11.7 Å². The van der Waals surface area contributed by atoms with Gasteiger partial charge in [0.25, 0.3) is 0 Å². The van der Waals surface area contributed by atoms with Crippen LogP contribution in [0.1, 0.15) is 47.0 Å². The van der Waals surface area contributed by atoms with E-state index >= 15 is 0 Å².